The van der Waals surface area contributed by atoms with Gasteiger partial charge in [0.05, 0.1) is 28.3 Å². The third-order valence-corrected chi connectivity index (χ3v) is 8.23. The molecule has 32 heavy (non-hydrogen) atoms. The number of ether oxygens (including phenoxy) is 1. The number of hydrogen-bond acceptors (Lipinski definition) is 8. The fraction of sp³-hybridized carbons (Fsp3) is 0.364. The first-order chi connectivity index (χ1) is 15.3. The van der Waals surface area contributed by atoms with E-state index in [9.17, 15) is 13.2 Å². The van der Waals surface area contributed by atoms with Gasteiger partial charge < -0.3 is 4.74 Å². The second kappa shape index (κ2) is 9.88. The maximum Gasteiger partial charge on any atom is 0.260 e. The summed E-state index contributed by atoms with van der Waals surface area (Å²) in [6.45, 7) is 4.26. The average Bonchev–Trinajstić information content (AvgIpc) is 3.22. The topological polar surface area (TPSA) is 79.8 Å². The number of sulfone groups is 1. The van der Waals surface area contributed by atoms with Crippen molar-refractivity contribution in [1.82, 2.24) is 9.88 Å². The van der Waals surface area contributed by atoms with Crippen LogP contribution in [0.5, 0.6) is 0 Å². The molecule has 0 radical (unpaired) electrons. The highest BCUT2D eigenvalue weighted by atomic mass is 32.2. The normalized spacial score (nSPS) is 15.2. The van der Waals surface area contributed by atoms with Gasteiger partial charge in [0.25, 0.3) is 5.91 Å². The quantitative estimate of drug-likeness (QED) is 0.469. The molecule has 0 unspecified atom stereocenters. The van der Waals surface area contributed by atoms with Crippen LogP contribution >= 0.6 is 23.1 Å². The van der Waals surface area contributed by atoms with Gasteiger partial charge in [0.15, 0.2) is 15.0 Å². The minimum Gasteiger partial charge on any atom is -0.379 e. The Morgan fingerprint density at radius 3 is 2.56 bits per heavy atom. The molecule has 0 spiro atoms. The van der Waals surface area contributed by atoms with Crippen molar-refractivity contribution in [3.05, 3.63) is 48.0 Å². The number of rotatable bonds is 7. The van der Waals surface area contributed by atoms with Crippen molar-refractivity contribution in [2.45, 2.75) is 9.79 Å². The summed E-state index contributed by atoms with van der Waals surface area (Å²) >= 11 is 2.96. The number of hydrogen-bond donors (Lipinski definition) is 0. The van der Waals surface area contributed by atoms with Crippen LogP contribution in [0.4, 0.5) is 5.13 Å². The van der Waals surface area contributed by atoms with Crippen LogP contribution in [0.15, 0.2) is 52.3 Å². The van der Waals surface area contributed by atoms with Crippen molar-refractivity contribution >= 4 is 54.2 Å². The second-order valence-corrected chi connectivity index (χ2v) is 11.4. The first-order valence-corrected chi connectivity index (χ1v) is 14.1. The van der Waals surface area contributed by atoms with E-state index in [0.29, 0.717) is 42.5 Å². The van der Waals surface area contributed by atoms with Gasteiger partial charge in [0, 0.05) is 42.9 Å². The Morgan fingerprint density at radius 1 is 1.19 bits per heavy atom. The SMILES string of the molecule is CSc1ccc(C(=O)N(CCN2CCOCC2)c2nc3ccc(S(C)(=O)=O)cc3s2)cc1. The van der Waals surface area contributed by atoms with E-state index in [1.54, 1.807) is 34.9 Å². The number of nitrogens with zero attached hydrogens (tertiary/aromatic N) is 3. The van der Waals surface area contributed by atoms with Crippen LogP contribution < -0.4 is 4.90 Å². The largest absolute Gasteiger partial charge is 0.379 e. The predicted octanol–water partition coefficient (Wildman–Crippen LogP) is 3.40. The summed E-state index contributed by atoms with van der Waals surface area (Å²) in [5.41, 5.74) is 1.28. The van der Waals surface area contributed by atoms with Gasteiger partial charge in [-0.3, -0.25) is 14.6 Å². The van der Waals surface area contributed by atoms with Crippen molar-refractivity contribution in [2.24, 2.45) is 0 Å². The van der Waals surface area contributed by atoms with Gasteiger partial charge in [-0.05, 0) is 48.7 Å². The van der Waals surface area contributed by atoms with E-state index >= 15 is 0 Å². The Kier molecular flexibility index (Phi) is 7.16. The summed E-state index contributed by atoms with van der Waals surface area (Å²) in [5, 5.41) is 0.567. The molecule has 1 aliphatic heterocycles. The van der Waals surface area contributed by atoms with Gasteiger partial charge in [-0.1, -0.05) is 11.3 Å². The fourth-order valence-corrected chi connectivity index (χ4v) is 5.64. The summed E-state index contributed by atoms with van der Waals surface area (Å²) in [6, 6.07) is 12.4. The van der Waals surface area contributed by atoms with Crippen molar-refractivity contribution < 1.29 is 17.9 Å². The van der Waals surface area contributed by atoms with E-state index in [-0.39, 0.29) is 10.8 Å². The zero-order chi connectivity index (χ0) is 22.7. The number of aromatic nitrogens is 1. The lowest BCUT2D eigenvalue weighted by Crippen LogP contribution is -2.43. The van der Waals surface area contributed by atoms with E-state index in [0.717, 1.165) is 22.7 Å². The Bertz CT molecular complexity index is 1200. The average molecular weight is 492 g/mol. The van der Waals surface area contributed by atoms with Gasteiger partial charge in [0.2, 0.25) is 0 Å². The minimum absolute atomic E-state index is 0.117. The Labute approximate surface area is 196 Å². The maximum absolute atomic E-state index is 13.5. The lowest BCUT2D eigenvalue weighted by Gasteiger charge is -2.29. The molecule has 1 aliphatic rings. The van der Waals surface area contributed by atoms with Crippen molar-refractivity contribution in [1.29, 1.82) is 0 Å². The van der Waals surface area contributed by atoms with E-state index < -0.39 is 9.84 Å². The maximum atomic E-state index is 13.5. The number of amides is 1. The molecule has 0 bridgehead atoms. The first-order valence-electron chi connectivity index (χ1n) is 10.2. The van der Waals surface area contributed by atoms with Crippen LogP contribution in [-0.2, 0) is 14.6 Å². The standard InChI is InChI=1S/C22H25N3O4S3/c1-30-17-5-3-16(4-6-17)21(26)25(10-9-24-11-13-29-14-12-24)22-23-19-8-7-18(32(2,27)28)15-20(19)31-22/h3-8,15H,9-14H2,1-2H3. The number of carbonyl (C=O) groups excluding carboxylic acids is 1. The van der Waals surface area contributed by atoms with Gasteiger partial charge in [-0.2, -0.15) is 0 Å². The molecule has 0 atom stereocenters. The summed E-state index contributed by atoms with van der Waals surface area (Å²) < 4.78 is 30.1. The summed E-state index contributed by atoms with van der Waals surface area (Å²) in [6.07, 6.45) is 3.18. The molecule has 1 saturated heterocycles. The summed E-state index contributed by atoms with van der Waals surface area (Å²) in [5.74, 6) is -0.117. The number of fused-ring (bicyclic) bond motifs is 1. The molecule has 0 saturated carbocycles. The highest BCUT2D eigenvalue weighted by Crippen LogP contribution is 2.31. The number of thiazole rings is 1. The summed E-state index contributed by atoms with van der Waals surface area (Å²) in [4.78, 5) is 23.4. The highest BCUT2D eigenvalue weighted by molar-refractivity contribution is 7.98. The van der Waals surface area contributed by atoms with Crippen molar-refractivity contribution in [2.75, 3.05) is 56.8 Å². The van der Waals surface area contributed by atoms with Crippen LogP contribution in [0.1, 0.15) is 10.4 Å². The smallest absolute Gasteiger partial charge is 0.260 e. The van der Waals surface area contributed by atoms with Gasteiger partial charge >= 0.3 is 0 Å². The predicted molar refractivity (Wildman–Crippen MR) is 130 cm³/mol. The monoisotopic (exact) mass is 491 g/mol. The lowest BCUT2D eigenvalue weighted by atomic mass is 10.2. The van der Waals surface area contributed by atoms with Crippen molar-refractivity contribution in [3.8, 4) is 0 Å². The minimum atomic E-state index is -3.32. The molecule has 0 N–H and O–H groups in total. The number of benzene rings is 2. The van der Waals surface area contributed by atoms with Crippen LogP contribution in [0, 0.1) is 0 Å². The molecule has 10 heteroatoms. The second-order valence-electron chi connectivity index (χ2n) is 7.54. The molecular weight excluding hydrogens is 466 g/mol. The molecule has 3 aromatic rings. The van der Waals surface area contributed by atoms with Crippen LogP contribution in [0.25, 0.3) is 10.2 Å². The van der Waals surface area contributed by atoms with Crippen LogP contribution in [-0.4, -0.2) is 76.1 Å². The molecule has 1 aromatic heterocycles. The van der Waals surface area contributed by atoms with E-state index in [1.807, 2.05) is 30.5 Å². The number of anilines is 1. The van der Waals surface area contributed by atoms with Crippen molar-refractivity contribution in [3.63, 3.8) is 0 Å². The zero-order valence-electron chi connectivity index (χ0n) is 18.0. The molecule has 0 aliphatic carbocycles. The zero-order valence-corrected chi connectivity index (χ0v) is 20.4. The van der Waals surface area contributed by atoms with Crippen LogP contribution in [0.3, 0.4) is 0 Å². The third-order valence-electron chi connectivity index (χ3n) is 5.33. The van der Waals surface area contributed by atoms with Crippen LogP contribution in [0.2, 0.25) is 0 Å². The molecule has 1 fully saturated rings. The third kappa shape index (κ3) is 5.32. The van der Waals surface area contributed by atoms with E-state index in [2.05, 4.69) is 9.88 Å². The summed E-state index contributed by atoms with van der Waals surface area (Å²) in [7, 11) is -3.32. The van der Waals surface area contributed by atoms with E-state index in [4.69, 9.17) is 4.74 Å². The molecule has 2 heterocycles. The lowest BCUT2D eigenvalue weighted by molar-refractivity contribution is 0.0391. The van der Waals surface area contributed by atoms with Gasteiger partial charge in [0.1, 0.15) is 0 Å². The Hall–Kier alpha value is -1.98. The molecule has 2 aromatic carbocycles. The molecule has 4 rings (SSSR count). The first kappa shape index (κ1) is 23.2. The van der Waals surface area contributed by atoms with Gasteiger partial charge in [-0.25, -0.2) is 13.4 Å². The molecular formula is C22H25N3O4S3. The van der Waals surface area contributed by atoms with E-state index in [1.165, 1.54) is 17.6 Å². The number of carbonyl (C=O) groups is 1. The Balaban J connectivity index is 1.66. The molecule has 7 nitrogen and oxygen atoms in total. The molecule has 1 amide bonds. The fourth-order valence-electron chi connectivity index (χ4n) is 3.48. The number of thioether (sulfide) groups is 1. The Morgan fingerprint density at radius 2 is 1.91 bits per heavy atom. The number of morpholine rings is 1. The highest BCUT2D eigenvalue weighted by Gasteiger charge is 2.23. The van der Waals surface area contributed by atoms with Gasteiger partial charge in [-0.15, -0.1) is 11.8 Å². The molecule has 170 valence electrons.